The third-order valence-corrected chi connectivity index (χ3v) is 6.15. The number of rotatable bonds is 2. The number of hydrogen-bond donors (Lipinski definition) is 0. The van der Waals surface area contributed by atoms with Crippen LogP contribution >= 0.6 is 22.9 Å². The van der Waals surface area contributed by atoms with Gasteiger partial charge in [0.05, 0.1) is 15.5 Å². The van der Waals surface area contributed by atoms with Gasteiger partial charge in [0.2, 0.25) is 0 Å². The molecule has 0 fully saturated rings. The fraction of sp³-hybridized carbons (Fsp3) is 0.267. The van der Waals surface area contributed by atoms with Crippen molar-refractivity contribution >= 4 is 38.7 Å². The summed E-state index contributed by atoms with van der Waals surface area (Å²) in [5.41, 5.74) is 1.39. The van der Waals surface area contributed by atoms with Crippen LogP contribution in [0.2, 0.25) is 5.02 Å². The first-order valence-corrected chi connectivity index (χ1v) is 9.85. The van der Waals surface area contributed by atoms with Gasteiger partial charge < -0.3 is 4.90 Å². The van der Waals surface area contributed by atoms with Crippen LogP contribution in [0.3, 0.4) is 0 Å². The van der Waals surface area contributed by atoms with Gasteiger partial charge in [-0.05, 0) is 41.6 Å². The molecule has 0 saturated heterocycles. The Kier molecular flexibility index (Phi) is 4.01. The number of carbonyl (C=O) groups is 1. The van der Waals surface area contributed by atoms with E-state index < -0.39 is 9.84 Å². The normalized spacial score (nSPS) is 14.7. The van der Waals surface area contributed by atoms with E-state index in [4.69, 9.17) is 11.6 Å². The molecule has 4 nitrogen and oxygen atoms in total. The molecule has 3 rings (SSSR count). The van der Waals surface area contributed by atoms with E-state index in [1.54, 1.807) is 16.2 Å². The Labute approximate surface area is 138 Å². The smallest absolute Gasteiger partial charge is 0.255 e. The highest BCUT2D eigenvalue weighted by Crippen LogP contribution is 2.27. The Morgan fingerprint density at radius 1 is 1.32 bits per heavy atom. The number of hydrogen-bond acceptors (Lipinski definition) is 4. The summed E-state index contributed by atoms with van der Waals surface area (Å²) < 4.78 is 23.3. The highest BCUT2D eigenvalue weighted by Gasteiger charge is 2.25. The maximum Gasteiger partial charge on any atom is 0.255 e. The summed E-state index contributed by atoms with van der Waals surface area (Å²) in [6.07, 6.45) is 1.94. The summed E-state index contributed by atoms with van der Waals surface area (Å²) in [7, 11) is -3.37. The van der Waals surface area contributed by atoms with Gasteiger partial charge in [-0.3, -0.25) is 4.79 Å². The number of nitrogens with zero attached hydrogens (tertiary/aromatic N) is 1. The second kappa shape index (κ2) is 5.68. The molecule has 22 heavy (non-hydrogen) atoms. The van der Waals surface area contributed by atoms with E-state index in [1.165, 1.54) is 23.1 Å². The first kappa shape index (κ1) is 15.5. The van der Waals surface area contributed by atoms with E-state index in [2.05, 4.69) is 0 Å². The van der Waals surface area contributed by atoms with Crippen molar-refractivity contribution < 1.29 is 13.2 Å². The van der Waals surface area contributed by atoms with Crippen molar-refractivity contribution in [3.05, 3.63) is 50.7 Å². The van der Waals surface area contributed by atoms with E-state index in [0.717, 1.165) is 18.2 Å². The molecule has 7 heteroatoms. The molecule has 0 unspecified atom stereocenters. The minimum atomic E-state index is -3.37. The quantitative estimate of drug-likeness (QED) is 0.832. The van der Waals surface area contributed by atoms with Crippen LogP contribution in [0.1, 0.15) is 20.8 Å². The van der Waals surface area contributed by atoms with E-state index >= 15 is 0 Å². The molecular weight excluding hydrogens is 342 g/mol. The first-order valence-electron chi connectivity index (χ1n) is 6.70. The van der Waals surface area contributed by atoms with Gasteiger partial charge in [-0.2, -0.15) is 0 Å². The van der Waals surface area contributed by atoms with Crippen LogP contribution in [0.5, 0.6) is 0 Å². The predicted octanol–water partition coefficient (Wildman–Crippen LogP) is 3.00. The van der Waals surface area contributed by atoms with Gasteiger partial charge in [0.15, 0.2) is 9.84 Å². The van der Waals surface area contributed by atoms with Crippen molar-refractivity contribution in [2.45, 2.75) is 17.9 Å². The van der Waals surface area contributed by atoms with Crippen LogP contribution in [-0.2, 0) is 22.8 Å². The third-order valence-electron chi connectivity index (χ3n) is 3.69. The average Bonchev–Trinajstić information content (AvgIpc) is 2.93. The van der Waals surface area contributed by atoms with Crippen LogP contribution in [-0.4, -0.2) is 32.0 Å². The zero-order chi connectivity index (χ0) is 15.9. The summed E-state index contributed by atoms with van der Waals surface area (Å²) in [6, 6.07) is 6.27. The highest BCUT2D eigenvalue weighted by atomic mass is 35.5. The summed E-state index contributed by atoms with van der Waals surface area (Å²) >= 11 is 7.80. The largest absolute Gasteiger partial charge is 0.334 e. The Balaban J connectivity index is 1.93. The SMILES string of the molecule is CS(=O)(=O)c1ccc(Cl)c(C(=O)N2CCc3sccc3C2)c1. The van der Waals surface area contributed by atoms with Crippen LogP contribution in [0.15, 0.2) is 34.5 Å². The number of sulfone groups is 1. The molecule has 0 bridgehead atoms. The molecule has 116 valence electrons. The number of halogens is 1. The fourth-order valence-corrected chi connectivity index (χ4v) is 4.23. The Hall–Kier alpha value is -1.37. The van der Waals surface area contributed by atoms with Gasteiger partial charge in [0.1, 0.15) is 0 Å². The maximum absolute atomic E-state index is 12.7. The molecule has 0 saturated carbocycles. The molecule has 2 aromatic rings. The molecule has 1 amide bonds. The first-order chi connectivity index (χ1) is 10.4. The molecule has 0 radical (unpaired) electrons. The monoisotopic (exact) mass is 355 g/mol. The fourth-order valence-electron chi connectivity index (χ4n) is 2.49. The lowest BCUT2D eigenvalue weighted by Gasteiger charge is -2.27. The summed E-state index contributed by atoms with van der Waals surface area (Å²) in [4.78, 5) is 15.8. The number of benzene rings is 1. The Morgan fingerprint density at radius 2 is 2.09 bits per heavy atom. The van der Waals surface area contributed by atoms with E-state index in [0.29, 0.717) is 13.1 Å². The molecule has 1 aliphatic rings. The molecular formula is C15H14ClNO3S2. The Morgan fingerprint density at radius 3 is 2.82 bits per heavy atom. The topological polar surface area (TPSA) is 54.5 Å². The number of fused-ring (bicyclic) bond motifs is 1. The molecule has 0 aliphatic carbocycles. The molecule has 0 spiro atoms. The van der Waals surface area contributed by atoms with Crippen molar-refractivity contribution in [3.8, 4) is 0 Å². The summed E-state index contributed by atoms with van der Waals surface area (Å²) in [6.45, 7) is 1.16. The maximum atomic E-state index is 12.7. The second-order valence-electron chi connectivity index (χ2n) is 5.26. The average molecular weight is 356 g/mol. The molecule has 1 aromatic heterocycles. The molecule has 0 N–H and O–H groups in total. The second-order valence-corrected chi connectivity index (χ2v) is 8.68. The summed E-state index contributed by atoms with van der Waals surface area (Å²) in [5, 5.41) is 2.30. The third kappa shape index (κ3) is 2.91. The van der Waals surface area contributed by atoms with Crippen molar-refractivity contribution in [3.63, 3.8) is 0 Å². The van der Waals surface area contributed by atoms with Gasteiger partial charge in [-0.1, -0.05) is 11.6 Å². The van der Waals surface area contributed by atoms with Gasteiger partial charge >= 0.3 is 0 Å². The van der Waals surface area contributed by atoms with Crippen LogP contribution in [0, 0.1) is 0 Å². The molecule has 0 atom stereocenters. The van der Waals surface area contributed by atoms with Crippen molar-refractivity contribution in [1.82, 2.24) is 4.90 Å². The minimum Gasteiger partial charge on any atom is -0.334 e. The summed E-state index contributed by atoms with van der Waals surface area (Å²) in [5.74, 6) is -0.229. The Bertz CT molecular complexity index is 842. The van der Waals surface area contributed by atoms with Crippen molar-refractivity contribution in [1.29, 1.82) is 0 Å². The standard InChI is InChI=1S/C15H14ClNO3S2/c1-22(19,20)11-2-3-13(16)12(8-11)15(18)17-6-4-14-10(9-17)5-7-21-14/h2-3,5,7-8H,4,6,9H2,1H3. The van der Waals surface area contributed by atoms with Crippen molar-refractivity contribution in [2.24, 2.45) is 0 Å². The minimum absolute atomic E-state index is 0.105. The van der Waals surface area contributed by atoms with Gasteiger partial charge in [0.25, 0.3) is 5.91 Å². The van der Waals surface area contributed by atoms with Crippen LogP contribution in [0.4, 0.5) is 0 Å². The molecule has 2 heterocycles. The van der Waals surface area contributed by atoms with Crippen LogP contribution < -0.4 is 0 Å². The van der Waals surface area contributed by atoms with E-state index in [-0.39, 0.29) is 21.4 Å². The van der Waals surface area contributed by atoms with E-state index in [1.807, 2.05) is 11.4 Å². The van der Waals surface area contributed by atoms with Gasteiger partial charge in [0, 0.05) is 24.2 Å². The number of carbonyl (C=O) groups excluding carboxylic acids is 1. The van der Waals surface area contributed by atoms with E-state index in [9.17, 15) is 13.2 Å². The number of amides is 1. The lowest BCUT2D eigenvalue weighted by Crippen LogP contribution is -2.35. The lowest BCUT2D eigenvalue weighted by molar-refractivity contribution is 0.0736. The predicted molar refractivity (Wildman–Crippen MR) is 87.3 cm³/mol. The van der Waals surface area contributed by atoms with Gasteiger partial charge in [-0.25, -0.2) is 8.42 Å². The van der Waals surface area contributed by atoms with Crippen molar-refractivity contribution in [2.75, 3.05) is 12.8 Å². The zero-order valence-electron chi connectivity index (χ0n) is 11.9. The molecule has 1 aromatic carbocycles. The lowest BCUT2D eigenvalue weighted by atomic mass is 10.1. The zero-order valence-corrected chi connectivity index (χ0v) is 14.3. The highest BCUT2D eigenvalue weighted by molar-refractivity contribution is 7.90. The van der Waals surface area contributed by atoms with Crippen LogP contribution in [0.25, 0.3) is 0 Å². The molecule has 1 aliphatic heterocycles. The number of thiophene rings is 1. The van der Waals surface area contributed by atoms with Gasteiger partial charge in [-0.15, -0.1) is 11.3 Å².